The highest BCUT2D eigenvalue weighted by Gasteiger charge is 2.19. The van der Waals surface area contributed by atoms with Crippen molar-refractivity contribution in [3.8, 4) is 11.5 Å². The van der Waals surface area contributed by atoms with Crippen LogP contribution in [0.15, 0.2) is 36.4 Å². The number of aromatic nitrogens is 1. The summed E-state index contributed by atoms with van der Waals surface area (Å²) >= 11 is 6.20. The van der Waals surface area contributed by atoms with Gasteiger partial charge in [0.25, 0.3) is 0 Å². The first kappa shape index (κ1) is 17.0. The first-order valence-electron chi connectivity index (χ1n) is 8.79. The largest absolute Gasteiger partial charge is 0.493 e. The zero-order chi connectivity index (χ0) is 18.1. The number of ether oxygens (including phenoxy) is 2. The number of fused-ring (bicyclic) bond motifs is 2. The molecular weight excluding hydrogens is 348 g/mol. The predicted molar refractivity (Wildman–Crippen MR) is 106 cm³/mol. The minimum Gasteiger partial charge on any atom is -0.493 e. The van der Waals surface area contributed by atoms with E-state index in [-0.39, 0.29) is 0 Å². The summed E-state index contributed by atoms with van der Waals surface area (Å²) in [6, 6.07) is 11.8. The fourth-order valence-corrected chi connectivity index (χ4v) is 3.77. The number of benzene rings is 2. The van der Waals surface area contributed by atoms with Gasteiger partial charge in [0, 0.05) is 27.9 Å². The summed E-state index contributed by atoms with van der Waals surface area (Å²) in [5.74, 6) is 1.42. The average molecular weight is 369 g/mol. The third-order valence-electron chi connectivity index (χ3n) is 4.88. The maximum atomic E-state index is 6.20. The van der Waals surface area contributed by atoms with Gasteiger partial charge in [-0.15, -0.1) is 0 Å². The van der Waals surface area contributed by atoms with Crippen molar-refractivity contribution in [3.63, 3.8) is 0 Å². The maximum absolute atomic E-state index is 6.20. The van der Waals surface area contributed by atoms with Crippen LogP contribution >= 0.6 is 11.6 Å². The summed E-state index contributed by atoms with van der Waals surface area (Å²) in [5.41, 5.74) is 5.49. The molecule has 2 aromatic carbocycles. The third kappa shape index (κ3) is 3.06. The molecule has 1 aliphatic rings. The molecule has 0 aliphatic heterocycles. The van der Waals surface area contributed by atoms with Crippen LogP contribution in [-0.4, -0.2) is 19.2 Å². The fourth-order valence-electron chi connectivity index (χ4n) is 3.60. The van der Waals surface area contributed by atoms with Crippen LogP contribution in [0.25, 0.3) is 10.9 Å². The van der Waals surface area contributed by atoms with Crippen molar-refractivity contribution in [1.82, 2.24) is 4.98 Å². The molecule has 0 saturated carbocycles. The second-order valence-electron chi connectivity index (χ2n) is 6.48. The molecule has 5 heteroatoms. The number of rotatable bonds is 4. The first-order valence-corrected chi connectivity index (χ1v) is 9.17. The van der Waals surface area contributed by atoms with Crippen molar-refractivity contribution < 1.29 is 9.47 Å². The lowest BCUT2D eigenvalue weighted by Crippen LogP contribution is -2.09. The lowest BCUT2D eigenvalue weighted by molar-refractivity contribution is 0.355. The topological polar surface area (TPSA) is 43.4 Å². The molecule has 0 radical (unpaired) electrons. The van der Waals surface area contributed by atoms with Crippen molar-refractivity contribution in [2.24, 2.45) is 0 Å². The van der Waals surface area contributed by atoms with Crippen molar-refractivity contribution in [3.05, 3.63) is 52.7 Å². The van der Waals surface area contributed by atoms with Gasteiger partial charge in [-0.2, -0.15) is 0 Å². The monoisotopic (exact) mass is 368 g/mol. The Balaban J connectivity index is 1.85. The number of hydrogen-bond acceptors (Lipinski definition) is 4. The molecule has 1 aliphatic carbocycles. The van der Waals surface area contributed by atoms with Gasteiger partial charge in [0.1, 0.15) is 0 Å². The van der Waals surface area contributed by atoms with Crippen LogP contribution < -0.4 is 14.8 Å². The highest BCUT2D eigenvalue weighted by Crippen LogP contribution is 2.38. The van der Waals surface area contributed by atoms with Gasteiger partial charge in [-0.3, -0.25) is 4.98 Å². The molecule has 4 nitrogen and oxygen atoms in total. The maximum Gasteiger partial charge on any atom is 0.162 e. The molecule has 0 atom stereocenters. The lowest BCUT2D eigenvalue weighted by Gasteiger charge is -2.22. The molecule has 0 saturated heterocycles. The summed E-state index contributed by atoms with van der Waals surface area (Å²) in [5, 5.41) is 5.40. The molecule has 3 aromatic rings. The summed E-state index contributed by atoms with van der Waals surface area (Å²) in [6.07, 6.45) is 4.42. The SMILES string of the molecule is COc1ccc(Nc2c3c(nc4cc(Cl)ccc24)CCCC3)cc1OC. The van der Waals surface area contributed by atoms with Gasteiger partial charge < -0.3 is 14.8 Å². The Morgan fingerprint density at radius 1 is 0.962 bits per heavy atom. The van der Waals surface area contributed by atoms with Crippen molar-refractivity contribution in [2.45, 2.75) is 25.7 Å². The molecule has 4 rings (SSSR count). The highest BCUT2D eigenvalue weighted by atomic mass is 35.5. The summed E-state index contributed by atoms with van der Waals surface area (Å²) < 4.78 is 10.8. The highest BCUT2D eigenvalue weighted by molar-refractivity contribution is 6.31. The van der Waals surface area contributed by atoms with Crippen LogP contribution in [0.3, 0.4) is 0 Å². The van der Waals surface area contributed by atoms with E-state index in [1.807, 2.05) is 36.4 Å². The van der Waals surface area contributed by atoms with Gasteiger partial charge in [-0.05, 0) is 61.6 Å². The summed E-state index contributed by atoms with van der Waals surface area (Å²) in [7, 11) is 3.29. The summed E-state index contributed by atoms with van der Waals surface area (Å²) in [4.78, 5) is 4.87. The molecule has 134 valence electrons. The van der Waals surface area contributed by atoms with E-state index in [0.717, 1.165) is 35.1 Å². The van der Waals surface area contributed by atoms with E-state index < -0.39 is 0 Å². The van der Waals surface area contributed by atoms with E-state index >= 15 is 0 Å². The predicted octanol–water partition coefficient (Wildman–Crippen LogP) is 5.53. The van der Waals surface area contributed by atoms with Crippen LogP contribution in [0, 0.1) is 0 Å². The Bertz CT molecular complexity index is 972. The van der Waals surface area contributed by atoms with Gasteiger partial charge in [-0.1, -0.05) is 11.6 Å². The first-order chi connectivity index (χ1) is 12.7. The number of hydrogen-bond donors (Lipinski definition) is 1. The van der Waals surface area contributed by atoms with Crippen LogP contribution in [0.1, 0.15) is 24.1 Å². The lowest BCUT2D eigenvalue weighted by atomic mass is 9.92. The van der Waals surface area contributed by atoms with Crippen LogP contribution in [0.2, 0.25) is 5.02 Å². The number of anilines is 2. The molecule has 26 heavy (non-hydrogen) atoms. The van der Waals surface area contributed by atoms with Gasteiger partial charge >= 0.3 is 0 Å². The second kappa shape index (κ2) is 7.04. The minimum atomic E-state index is 0.702. The number of halogens is 1. The number of nitrogens with one attached hydrogen (secondary N) is 1. The van der Waals surface area contributed by atoms with Crippen molar-refractivity contribution in [2.75, 3.05) is 19.5 Å². The van der Waals surface area contributed by atoms with E-state index in [4.69, 9.17) is 26.1 Å². The van der Waals surface area contributed by atoms with Crippen molar-refractivity contribution >= 4 is 33.9 Å². The normalized spacial score (nSPS) is 13.3. The Morgan fingerprint density at radius 3 is 2.58 bits per heavy atom. The Morgan fingerprint density at radius 2 is 1.77 bits per heavy atom. The number of pyridine rings is 1. The zero-order valence-corrected chi connectivity index (χ0v) is 15.7. The Labute approximate surface area is 158 Å². The second-order valence-corrected chi connectivity index (χ2v) is 6.91. The van der Waals surface area contributed by atoms with E-state index in [2.05, 4.69) is 5.32 Å². The molecule has 0 spiro atoms. The number of aryl methyl sites for hydroxylation is 1. The minimum absolute atomic E-state index is 0.702. The van der Waals surface area contributed by atoms with Crippen LogP contribution in [0.4, 0.5) is 11.4 Å². The van der Waals surface area contributed by atoms with E-state index in [1.54, 1.807) is 14.2 Å². The molecule has 0 amide bonds. The number of methoxy groups -OCH3 is 2. The average Bonchev–Trinajstić information content (AvgIpc) is 2.67. The third-order valence-corrected chi connectivity index (χ3v) is 5.11. The Hall–Kier alpha value is -2.46. The van der Waals surface area contributed by atoms with Crippen LogP contribution in [-0.2, 0) is 12.8 Å². The molecule has 1 aromatic heterocycles. The van der Waals surface area contributed by atoms with E-state index in [9.17, 15) is 0 Å². The fraction of sp³-hybridized carbons (Fsp3) is 0.286. The molecule has 0 unspecified atom stereocenters. The smallest absolute Gasteiger partial charge is 0.162 e. The standard InChI is InChI=1S/C21H21ClN2O2/c1-25-19-10-8-14(12-20(19)26-2)23-21-15-5-3-4-6-17(15)24-18-11-13(22)7-9-16(18)21/h7-12H,3-6H2,1-2H3,(H,23,24). The Kier molecular flexibility index (Phi) is 4.60. The van der Waals surface area contributed by atoms with Gasteiger partial charge in [0.05, 0.1) is 25.4 Å². The van der Waals surface area contributed by atoms with Crippen molar-refractivity contribution in [1.29, 1.82) is 0 Å². The molecule has 1 heterocycles. The van der Waals surface area contributed by atoms with Gasteiger partial charge in [-0.25, -0.2) is 0 Å². The summed E-state index contributed by atoms with van der Waals surface area (Å²) in [6.45, 7) is 0. The number of nitrogens with zero attached hydrogens (tertiary/aromatic N) is 1. The van der Waals surface area contributed by atoms with Gasteiger partial charge in [0.15, 0.2) is 11.5 Å². The van der Waals surface area contributed by atoms with E-state index in [1.165, 1.54) is 24.1 Å². The van der Waals surface area contributed by atoms with Gasteiger partial charge in [0.2, 0.25) is 0 Å². The quantitative estimate of drug-likeness (QED) is 0.657. The molecule has 0 fully saturated rings. The van der Waals surface area contributed by atoms with Crippen LogP contribution in [0.5, 0.6) is 11.5 Å². The van der Waals surface area contributed by atoms with E-state index in [0.29, 0.717) is 16.5 Å². The molecule has 1 N–H and O–H groups in total. The molecule has 0 bridgehead atoms. The zero-order valence-electron chi connectivity index (χ0n) is 14.9. The molecular formula is C21H21ClN2O2.